The van der Waals surface area contributed by atoms with Gasteiger partial charge in [0.05, 0.1) is 0 Å². The summed E-state index contributed by atoms with van der Waals surface area (Å²) in [7, 11) is 0. The van der Waals surface area contributed by atoms with E-state index < -0.39 is 0 Å². The number of hydrogen-bond donors (Lipinski definition) is 2. The lowest BCUT2D eigenvalue weighted by Crippen LogP contribution is -2.23. The minimum Gasteiger partial charge on any atom is -0.508 e. The maximum Gasteiger partial charge on any atom is 0.225 e. The number of fused-ring (bicyclic) bond motifs is 1. The molecule has 5 heteroatoms. The summed E-state index contributed by atoms with van der Waals surface area (Å²) in [4.78, 5) is 16.0. The van der Waals surface area contributed by atoms with Crippen LogP contribution in [0.5, 0.6) is 5.75 Å². The minimum absolute atomic E-state index is 0.00644. The van der Waals surface area contributed by atoms with Gasteiger partial charge < -0.3 is 10.4 Å². The second-order valence-corrected chi connectivity index (χ2v) is 5.33. The van der Waals surface area contributed by atoms with E-state index in [1.54, 1.807) is 23.6 Å². The van der Waals surface area contributed by atoms with E-state index in [4.69, 9.17) is 0 Å². The molecule has 1 amide bonds. The van der Waals surface area contributed by atoms with Gasteiger partial charge in [0, 0.05) is 35.7 Å². The monoisotopic (exact) mass is 260 g/mol. The van der Waals surface area contributed by atoms with Crippen LogP contribution in [0, 0.1) is 6.92 Å². The number of carbonyl (C=O) groups is 1. The van der Waals surface area contributed by atoms with Crippen LogP contribution >= 0.6 is 11.3 Å². The van der Waals surface area contributed by atoms with Crippen molar-refractivity contribution < 1.29 is 9.90 Å². The molecule has 0 unspecified atom stereocenters. The molecule has 2 heterocycles. The molecule has 92 valence electrons. The predicted octanol–water partition coefficient (Wildman–Crippen LogP) is 2.63. The molecule has 1 aliphatic rings. The van der Waals surface area contributed by atoms with Gasteiger partial charge in [-0.05, 0) is 24.1 Å². The summed E-state index contributed by atoms with van der Waals surface area (Å²) in [5.74, 6) is 0.160. The van der Waals surface area contributed by atoms with Crippen LogP contribution in [0.2, 0.25) is 0 Å². The number of aromatic nitrogens is 1. The molecule has 0 radical (unpaired) electrons. The Morgan fingerprint density at radius 1 is 1.50 bits per heavy atom. The first-order valence-corrected chi connectivity index (χ1v) is 6.56. The fraction of sp³-hybridized carbons (Fsp3) is 0.231. The molecule has 2 N–H and O–H groups in total. The number of benzene rings is 1. The minimum atomic E-state index is -0.0362. The molecule has 0 spiro atoms. The Bertz CT molecular complexity index is 608. The number of carbonyl (C=O) groups excluding carboxylic acids is 1. The lowest BCUT2D eigenvalue weighted by molar-refractivity contribution is -0.116. The third-order valence-corrected chi connectivity index (χ3v) is 4.05. The lowest BCUT2D eigenvalue weighted by Gasteiger charge is -2.25. The van der Waals surface area contributed by atoms with Gasteiger partial charge in [-0.1, -0.05) is 0 Å². The summed E-state index contributed by atoms with van der Waals surface area (Å²) in [6.07, 6.45) is 2.16. The standard InChI is InChI=1S/C13H12N2O2S/c1-7-4-8-9(13-14-2-3-18-13)5-12(17)15-10(8)6-11(7)16/h2-4,6,9,16H,5H2,1H3,(H,15,17)/t9-/m1/s1. The van der Waals surface area contributed by atoms with Crippen LogP contribution in [0.25, 0.3) is 0 Å². The Balaban J connectivity index is 2.15. The van der Waals surface area contributed by atoms with Gasteiger partial charge in [0.15, 0.2) is 0 Å². The Hall–Kier alpha value is -1.88. The number of aromatic hydroxyl groups is 1. The second kappa shape index (κ2) is 4.10. The van der Waals surface area contributed by atoms with Gasteiger partial charge in [0.1, 0.15) is 10.8 Å². The predicted molar refractivity (Wildman–Crippen MR) is 70.0 cm³/mol. The number of nitrogens with zero attached hydrogens (tertiary/aromatic N) is 1. The first-order valence-electron chi connectivity index (χ1n) is 5.68. The molecule has 1 aromatic carbocycles. The molecule has 4 nitrogen and oxygen atoms in total. The zero-order valence-corrected chi connectivity index (χ0v) is 10.6. The Kier molecular flexibility index (Phi) is 2.56. The van der Waals surface area contributed by atoms with Gasteiger partial charge in [-0.3, -0.25) is 4.79 Å². The molecule has 1 aliphatic heterocycles. The van der Waals surface area contributed by atoms with Crippen LogP contribution in [0.3, 0.4) is 0 Å². The molecule has 1 atom stereocenters. The van der Waals surface area contributed by atoms with Crippen molar-refractivity contribution in [1.82, 2.24) is 4.98 Å². The summed E-state index contributed by atoms with van der Waals surface area (Å²) in [5, 5.41) is 15.4. The Labute approximate surface area is 108 Å². The van der Waals surface area contributed by atoms with E-state index in [2.05, 4.69) is 10.3 Å². The van der Waals surface area contributed by atoms with Gasteiger partial charge in [-0.25, -0.2) is 4.98 Å². The van der Waals surface area contributed by atoms with Crippen LogP contribution in [-0.4, -0.2) is 16.0 Å². The fourth-order valence-corrected chi connectivity index (χ4v) is 3.00. The van der Waals surface area contributed by atoms with Crippen LogP contribution < -0.4 is 5.32 Å². The van der Waals surface area contributed by atoms with Gasteiger partial charge in [-0.15, -0.1) is 11.3 Å². The van der Waals surface area contributed by atoms with E-state index in [1.165, 1.54) is 0 Å². The van der Waals surface area contributed by atoms with E-state index >= 15 is 0 Å². The van der Waals surface area contributed by atoms with Crippen molar-refractivity contribution in [3.63, 3.8) is 0 Å². The highest BCUT2D eigenvalue weighted by Crippen LogP contribution is 2.40. The third kappa shape index (κ3) is 1.76. The first-order chi connectivity index (χ1) is 8.65. The molecule has 1 aromatic heterocycles. The zero-order chi connectivity index (χ0) is 12.7. The molecule has 0 fully saturated rings. The van der Waals surface area contributed by atoms with E-state index in [-0.39, 0.29) is 17.6 Å². The van der Waals surface area contributed by atoms with Gasteiger partial charge >= 0.3 is 0 Å². The number of anilines is 1. The van der Waals surface area contributed by atoms with Crippen LogP contribution in [-0.2, 0) is 4.79 Å². The second-order valence-electron chi connectivity index (χ2n) is 4.40. The largest absolute Gasteiger partial charge is 0.508 e. The van der Waals surface area contributed by atoms with Crippen molar-refractivity contribution in [2.24, 2.45) is 0 Å². The highest BCUT2D eigenvalue weighted by molar-refractivity contribution is 7.09. The maximum absolute atomic E-state index is 11.7. The normalized spacial score (nSPS) is 18.3. The molecule has 0 saturated carbocycles. The molecule has 2 aromatic rings. The van der Waals surface area contributed by atoms with Crippen molar-refractivity contribution in [2.75, 3.05) is 5.32 Å². The fourth-order valence-electron chi connectivity index (χ4n) is 2.24. The molecule has 0 saturated heterocycles. The topological polar surface area (TPSA) is 62.2 Å². The Morgan fingerprint density at radius 3 is 3.06 bits per heavy atom. The average molecular weight is 260 g/mol. The molecule has 3 rings (SSSR count). The van der Waals surface area contributed by atoms with E-state index in [1.807, 2.05) is 18.4 Å². The number of aryl methyl sites for hydroxylation is 1. The molecule has 0 bridgehead atoms. The number of amides is 1. The van der Waals surface area contributed by atoms with Crippen LogP contribution in [0.15, 0.2) is 23.7 Å². The van der Waals surface area contributed by atoms with Crippen molar-refractivity contribution in [3.8, 4) is 5.75 Å². The molecular weight excluding hydrogens is 248 g/mol. The molecular formula is C13H12N2O2S. The van der Waals surface area contributed by atoms with Crippen LogP contribution in [0.4, 0.5) is 5.69 Å². The summed E-state index contributed by atoms with van der Waals surface area (Å²) < 4.78 is 0. The van der Waals surface area contributed by atoms with Crippen molar-refractivity contribution in [3.05, 3.63) is 39.8 Å². The molecule has 0 aliphatic carbocycles. The van der Waals surface area contributed by atoms with Gasteiger partial charge in [0.25, 0.3) is 0 Å². The lowest BCUT2D eigenvalue weighted by atomic mass is 9.89. The number of thiazole rings is 1. The smallest absolute Gasteiger partial charge is 0.225 e. The molecule has 18 heavy (non-hydrogen) atoms. The summed E-state index contributed by atoms with van der Waals surface area (Å²) in [6, 6.07) is 3.54. The van der Waals surface area contributed by atoms with Crippen molar-refractivity contribution >= 4 is 22.9 Å². The number of hydrogen-bond acceptors (Lipinski definition) is 4. The van der Waals surface area contributed by atoms with E-state index in [0.717, 1.165) is 16.1 Å². The number of nitrogens with one attached hydrogen (secondary N) is 1. The SMILES string of the molecule is Cc1cc2c(cc1O)NC(=O)C[C@H]2c1nccs1. The number of phenolic OH excluding ortho intramolecular Hbond substituents is 1. The zero-order valence-electron chi connectivity index (χ0n) is 9.80. The van der Waals surface area contributed by atoms with Crippen molar-refractivity contribution in [1.29, 1.82) is 0 Å². The summed E-state index contributed by atoms with van der Waals surface area (Å²) in [6.45, 7) is 1.85. The quantitative estimate of drug-likeness (QED) is 0.828. The highest BCUT2D eigenvalue weighted by atomic mass is 32.1. The van der Waals surface area contributed by atoms with Crippen LogP contribution in [0.1, 0.15) is 28.5 Å². The Morgan fingerprint density at radius 2 is 2.33 bits per heavy atom. The third-order valence-electron chi connectivity index (χ3n) is 3.16. The van der Waals surface area contributed by atoms with E-state index in [0.29, 0.717) is 12.1 Å². The highest BCUT2D eigenvalue weighted by Gasteiger charge is 2.28. The summed E-state index contributed by atoms with van der Waals surface area (Å²) >= 11 is 1.55. The van der Waals surface area contributed by atoms with Crippen molar-refractivity contribution in [2.45, 2.75) is 19.3 Å². The van der Waals surface area contributed by atoms with Gasteiger partial charge in [0.2, 0.25) is 5.91 Å². The average Bonchev–Trinajstić information content (AvgIpc) is 2.84. The summed E-state index contributed by atoms with van der Waals surface area (Å²) in [5.41, 5.74) is 2.53. The number of phenols is 1. The first kappa shape index (κ1) is 11.2. The van der Waals surface area contributed by atoms with Gasteiger partial charge in [-0.2, -0.15) is 0 Å². The number of rotatable bonds is 1. The van der Waals surface area contributed by atoms with E-state index in [9.17, 15) is 9.90 Å². The maximum atomic E-state index is 11.7.